The van der Waals surface area contributed by atoms with Crippen molar-refractivity contribution in [2.75, 3.05) is 33.0 Å². The minimum absolute atomic E-state index is 0.187. The number of rotatable bonds is 9. The van der Waals surface area contributed by atoms with Crippen LogP contribution in [0.5, 0.6) is 11.5 Å². The van der Waals surface area contributed by atoms with Crippen molar-refractivity contribution in [1.29, 1.82) is 0 Å². The van der Waals surface area contributed by atoms with E-state index in [1.165, 1.54) is 0 Å². The average molecular weight is 324 g/mol. The fourth-order valence-corrected chi connectivity index (χ4v) is 2.42. The van der Waals surface area contributed by atoms with E-state index in [9.17, 15) is 4.79 Å². The van der Waals surface area contributed by atoms with Crippen LogP contribution in [0.1, 0.15) is 36.7 Å². The van der Waals surface area contributed by atoms with E-state index >= 15 is 0 Å². The number of hydrogen-bond acceptors (Lipinski definition) is 6. The van der Waals surface area contributed by atoms with Crippen molar-refractivity contribution in [3.63, 3.8) is 0 Å². The fourth-order valence-electron chi connectivity index (χ4n) is 2.42. The van der Waals surface area contributed by atoms with Crippen LogP contribution in [0.25, 0.3) is 0 Å². The van der Waals surface area contributed by atoms with Gasteiger partial charge < -0.3 is 23.7 Å². The van der Waals surface area contributed by atoms with Crippen molar-refractivity contribution in [2.24, 2.45) is 0 Å². The van der Waals surface area contributed by atoms with E-state index in [-0.39, 0.29) is 6.61 Å². The lowest BCUT2D eigenvalue weighted by molar-refractivity contribution is -0.152. The van der Waals surface area contributed by atoms with Crippen LogP contribution in [0.15, 0.2) is 12.1 Å². The first-order chi connectivity index (χ1) is 11.2. The minimum atomic E-state index is -0.478. The quantitative estimate of drug-likeness (QED) is 0.514. The average Bonchev–Trinajstić information content (AvgIpc) is 3.01. The molecule has 0 spiro atoms. The summed E-state index contributed by atoms with van der Waals surface area (Å²) in [5, 5.41) is 0. The highest BCUT2D eigenvalue weighted by atomic mass is 16.7. The Morgan fingerprint density at radius 3 is 2.57 bits per heavy atom. The molecule has 1 aromatic carbocycles. The molecule has 0 N–H and O–H groups in total. The molecule has 0 saturated carbocycles. The van der Waals surface area contributed by atoms with Gasteiger partial charge in [0, 0.05) is 19.6 Å². The van der Waals surface area contributed by atoms with Gasteiger partial charge in [0.25, 0.3) is 0 Å². The molecule has 6 nitrogen and oxygen atoms in total. The Bertz CT molecular complexity index is 522. The van der Waals surface area contributed by atoms with E-state index in [2.05, 4.69) is 0 Å². The Morgan fingerprint density at radius 2 is 1.91 bits per heavy atom. The summed E-state index contributed by atoms with van der Waals surface area (Å²) < 4.78 is 27.4. The molecular weight excluding hydrogens is 300 g/mol. The topological polar surface area (TPSA) is 63.2 Å². The van der Waals surface area contributed by atoms with E-state index in [0.29, 0.717) is 43.5 Å². The molecule has 0 fully saturated rings. The van der Waals surface area contributed by atoms with Crippen LogP contribution >= 0.6 is 0 Å². The summed E-state index contributed by atoms with van der Waals surface area (Å²) in [4.78, 5) is 12.3. The Kier molecular flexibility index (Phi) is 6.67. The van der Waals surface area contributed by atoms with Gasteiger partial charge in [-0.05, 0) is 32.4 Å². The summed E-state index contributed by atoms with van der Waals surface area (Å²) >= 11 is 0. The number of carbonyl (C=O) groups is 1. The number of fused-ring (bicyclic) bond motifs is 1. The summed E-state index contributed by atoms with van der Waals surface area (Å²) in [7, 11) is 0. The standard InChI is InChI=1S/C17H24O6/c1-4-19-14(20-5-2)11-23-13-8-7-12-9-10-22-16(12)15(13)17(18)21-6-3/h7-8,14H,4-6,9-11H2,1-3H3. The Morgan fingerprint density at radius 1 is 1.17 bits per heavy atom. The summed E-state index contributed by atoms with van der Waals surface area (Å²) in [6.45, 7) is 7.63. The van der Waals surface area contributed by atoms with Crippen LogP contribution in [-0.4, -0.2) is 45.3 Å². The van der Waals surface area contributed by atoms with Gasteiger partial charge in [0.2, 0.25) is 0 Å². The number of carbonyl (C=O) groups excluding carboxylic acids is 1. The molecule has 0 saturated heterocycles. The fraction of sp³-hybridized carbons (Fsp3) is 0.588. The van der Waals surface area contributed by atoms with Crippen molar-refractivity contribution in [3.8, 4) is 11.5 Å². The maximum Gasteiger partial charge on any atom is 0.345 e. The van der Waals surface area contributed by atoms with Gasteiger partial charge in [-0.25, -0.2) is 4.79 Å². The molecule has 1 aliphatic heterocycles. The van der Waals surface area contributed by atoms with E-state index < -0.39 is 12.3 Å². The second-order valence-electron chi connectivity index (χ2n) is 4.90. The SMILES string of the molecule is CCOC(=O)c1c(OCC(OCC)OCC)ccc2c1OCC2. The lowest BCUT2D eigenvalue weighted by atomic mass is 10.1. The monoisotopic (exact) mass is 324 g/mol. The lowest BCUT2D eigenvalue weighted by Gasteiger charge is -2.19. The third-order valence-electron chi connectivity index (χ3n) is 3.38. The normalized spacial score (nSPS) is 12.9. The molecule has 2 rings (SSSR count). The lowest BCUT2D eigenvalue weighted by Crippen LogP contribution is -2.25. The highest BCUT2D eigenvalue weighted by Gasteiger charge is 2.27. The Hall–Kier alpha value is -1.79. The van der Waals surface area contributed by atoms with E-state index in [1.807, 2.05) is 19.9 Å². The van der Waals surface area contributed by atoms with Gasteiger partial charge in [0.05, 0.1) is 13.2 Å². The van der Waals surface area contributed by atoms with Gasteiger partial charge in [-0.2, -0.15) is 0 Å². The first kappa shape index (κ1) is 17.6. The van der Waals surface area contributed by atoms with Crippen molar-refractivity contribution < 1.29 is 28.5 Å². The molecule has 1 heterocycles. The molecule has 0 radical (unpaired) electrons. The number of benzene rings is 1. The second kappa shape index (κ2) is 8.74. The van der Waals surface area contributed by atoms with Crippen molar-refractivity contribution in [1.82, 2.24) is 0 Å². The van der Waals surface area contributed by atoms with Crippen molar-refractivity contribution in [3.05, 3.63) is 23.3 Å². The van der Waals surface area contributed by atoms with Crippen LogP contribution in [0.4, 0.5) is 0 Å². The predicted octanol–water partition coefficient (Wildman–Crippen LogP) is 2.58. The molecule has 0 bridgehead atoms. The zero-order valence-corrected chi connectivity index (χ0v) is 13.9. The first-order valence-corrected chi connectivity index (χ1v) is 8.03. The second-order valence-corrected chi connectivity index (χ2v) is 4.90. The zero-order valence-electron chi connectivity index (χ0n) is 13.9. The highest BCUT2D eigenvalue weighted by molar-refractivity contribution is 5.96. The number of hydrogen-bond donors (Lipinski definition) is 0. The van der Waals surface area contributed by atoms with Crippen LogP contribution in [-0.2, 0) is 20.6 Å². The summed E-state index contributed by atoms with van der Waals surface area (Å²) in [5.74, 6) is 0.546. The van der Waals surface area contributed by atoms with Crippen LogP contribution in [0, 0.1) is 0 Å². The van der Waals surface area contributed by atoms with E-state index in [1.54, 1.807) is 13.0 Å². The van der Waals surface area contributed by atoms with E-state index in [4.69, 9.17) is 23.7 Å². The zero-order chi connectivity index (χ0) is 16.7. The molecular formula is C17H24O6. The van der Waals surface area contributed by atoms with Crippen LogP contribution < -0.4 is 9.47 Å². The van der Waals surface area contributed by atoms with Gasteiger partial charge >= 0.3 is 5.97 Å². The van der Waals surface area contributed by atoms with Gasteiger partial charge in [0.15, 0.2) is 6.29 Å². The molecule has 0 unspecified atom stereocenters. The van der Waals surface area contributed by atoms with Gasteiger partial charge in [-0.1, -0.05) is 6.07 Å². The summed E-state index contributed by atoms with van der Waals surface area (Å²) in [6.07, 6.45) is 0.303. The third-order valence-corrected chi connectivity index (χ3v) is 3.38. The van der Waals surface area contributed by atoms with Crippen LogP contribution in [0.3, 0.4) is 0 Å². The molecule has 23 heavy (non-hydrogen) atoms. The summed E-state index contributed by atoms with van der Waals surface area (Å²) in [5.41, 5.74) is 1.33. The third kappa shape index (κ3) is 4.36. The predicted molar refractivity (Wildman–Crippen MR) is 84.1 cm³/mol. The molecule has 128 valence electrons. The Balaban J connectivity index is 2.19. The molecule has 1 aliphatic rings. The first-order valence-electron chi connectivity index (χ1n) is 8.03. The van der Waals surface area contributed by atoms with Gasteiger partial charge in [-0.3, -0.25) is 0 Å². The van der Waals surface area contributed by atoms with E-state index in [0.717, 1.165) is 12.0 Å². The molecule has 0 aliphatic carbocycles. The molecule has 1 aromatic rings. The minimum Gasteiger partial charge on any atom is -0.492 e. The van der Waals surface area contributed by atoms with Crippen molar-refractivity contribution >= 4 is 5.97 Å². The maximum absolute atomic E-state index is 12.3. The maximum atomic E-state index is 12.3. The molecule has 0 atom stereocenters. The number of ether oxygens (including phenoxy) is 5. The largest absolute Gasteiger partial charge is 0.492 e. The van der Waals surface area contributed by atoms with Gasteiger partial charge in [-0.15, -0.1) is 0 Å². The highest BCUT2D eigenvalue weighted by Crippen LogP contribution is 2.36. The van der Waals surface area contributed by atoms with Crippen molar-refractivity contribution in [2.45, 2.75) is 33.5 Å². The summed E-state index contributed by atoms with van der Waals surface area (Å²) in [6, 6.07) is 3.69. The molecule has 0 aromatic heterocycles. The molecule has 0 amide bonds. The van der Waals surface area contributed by atoms with Gasteiger partial charge in [0.1, 0.15) is 23.7 Å². The van der Waals surface area contributed by atoms with Crippen LogP contribution in [0.2, 0.25) is 0 Å². The smallest absolute Gasteiger partial charge is 0.345 e. The molecule has 6 heteroatoms. The Labute approximate surface area is 136 Å². The number of esters is 1.